The number of amides is 2. The third-order valence-electron chi connectivity index (χ3n) is 5.13. The van der Waals surface area contributed by atoms with Crippen molar-refractivity contribution in [3.05, 3.63) is 29.3 Å². The molecule has 3 rings (SSSR count). The van der Waals surface area contributed by atoms with Crippen LogP contribution in [0.1, 0.15) is 30.9 Å². The van der Waals surface area contributed by atoms with Gasteiger partial charge in [0.25, 0.3) is 0 Å². The van der Waals surface area contributed by atoms with E-state index in [4.69, 9.17) is 5.73 Å². The number of rotatable bonds is 1. The number of nitrogens with zero attached hydrogens (tertiary/aromatic N) is 2. The Bertz CT molecular complexity index is 646. The largest absolute Gasteiger partial charge is 0.508 e. The summed E-state index contributed by atoms with van der Waals surface area (Å²) in [5.41, 5.74) is 7.98. The van der Waals surface area contributed by atoms with E-state index in [0.29, 0.717) is 44.8 Å². The van der Waals surface area contributed by atoms with Crippen LogP contribution in [-0.2, 0) is 22.6 Å². The third kappa shape index (κ3) is 3.38. The summed E-state index contributed by atoms with van der Waals surface area (Å²) < 4.78 is 0. The van der Waals surface area contributed by atoms with Gasteiger partial charge in [0.2, 0.25) is 11.8 Å². The molecular weight excluding hydrogens is 306 g/mol. The maximum Gasteiger partial charge on any atom is 0.227 e. The van der Waals surface area contributed by atoms with Crippen molar-refractivity contribution in [2.24, 2.45) is 11.7 Å². The zero-order chi connectivity index (χ0) is 17.3. The number of likely N-dealkylation sites (tertiary alicyclic amines) is 1. The molecule has 0 saturated carbocycles. The molecule has 0 radical (unpaired) electrons. The Hall–Kier alpha value is -2.08. The maximum atomic E-state index is 13.0. The van der Waals surface area contributed by atoms with E-state index in [1.807, 2.05) is 17.0 Å². The lowest BCUT2D eigenvalue weighted by Crippen LogP contribution is -2.44. The predicted octanol–water partition coefficient (Wildman–Crippen LogP) is 0.863. The van der Waals surface area contributed by atoms with E-state index in [2.05, 4.69) is 0 Å². The van der Waals surface area contributed by atoms with E-state index in [-0.39, 0.29) is 23.8 Å². The van der Waals surface area contributed by atoms with Gasteiger partial charge in [-0.15, -0.1) is 0 Å². The average molecular weight is 331 g/mol. The number of phenolic OH excluding ortho intramolecular Hbond substituents is 1. The number of hydrogen-bond acceptors (Lipinski definition) is 4. The topological polar surface area (TPSA) is 86.9 Å². The normalized spacial score (nSPS) is 24.2. The van der Waals surface area contributed by atoms with Crippen molar-refractivity contribution in [2.45, 2.75) is 38.8 Å². The SMILES string of the molecule is CC(=O)N1C[C@@H](N)CC[C@@H](C(=O)N2CCc3c(O)cccc3C2)C1. The molecule has 6 nitrogen and oxygen atoms in total. The van der Waals surface area contributed by atoms with Gasteiger partial charge in [0.1, 0.15) is 5.75 Å². The quantitative estimate of drug-likeness (QED) is 0.799. The number of aromatic hydroxyl groups is 1. The summed E-state index contributed by atoms with van der Waals surface area (Å²) in [7, 11) is 0. The number of carbonyl (C=O) groups is 2. The van der Waals surface area contributed by atoms with E-state index < -0.39 is 0 Å². The summed E-state index contributed by atoms with van der Waals surface area (Å²) in [5, 5.41) is 9.93. The third-order valence-corrected chi connectivity index (χ3v) is 5.13. The first kappa shape index (κ1) is 16.8. The Balaban J connectivity index is 1.73. The smallest absolute Gasteiger partial charge is 0.227 e. The van der Waals surface area contributed by atoms with Crippen molar-refractivity contribution >= 4 is 11.8 Å². The zero-order valence-electron chi connectivity index (χ0n) is 14.1. The Morgan fingerprint density at radius 1 is 1.21 bits per heavy atom. The van der Waals surface area contributed by atoms with Crippen LogP contribution >= 0.6 is 0 Å². The highest BCUT2D eigenvalue weighted by Crippen LogP contribution is 2.28. The Morgan fingerprint density at radius 2 is 2.00 bits per heavy atom. The van der Waals surface area contributed by atoms with Gasteiger partial charge in [-0.3, -0.25) is 9.59 Å². The van der Waals surface area contributed by atoms with Gasteiger partial charge in [-0.1, -0.05) is 12.1 Å². The minimum absolute atomic E-state index is 0.0286. The Labute approximate surface area is 142 Å². The van der Waals surface area contributed by atoms with Crippen molar-refractivity contribution in [3.8, 4) is 5.75 Å². The number of hydrogen-bond donors (Lipinski definition) is 2. The van der Waals surface area contributed by atoms with Crippen molar-refractivity contribution in [1.29, 1.82) is 0 Å². The summed E-state index contributed by atoms with van der Waals surface area (Å²) in [5.74, 6) is 0.174. The van der Waals surface area contributed by atoms with Crippen molar-refractivity contribution in [1.82, 2.24) is 9.80 Å². The van der Waals surface area contributed by atoms with Crippen LogP contribution in [0.15, 0.2) is 18.2 Å². The molecule has 2 aliphatic heterocycles. The monoisotopic (exact) mass is 331 g/mol. The van der Waals surface area contributed by atoms with Gasteiger partial charge in [-0.2, -0.15) is 0 Å². The van der Waals surface area contributed by atoms with Gasteiger partial charge in [0, 0.05) is 44.7 Å². The molecular formula is C18H25N3O3. The number of nitrogens with two attached hydrogens (primary N) is 1. The lowest BCUT2D eigenvalue weighted by molar-refractivity contribution is -0.138. The van der Waals surface area contributed by atoms with Crippen LogP contribution in [0.4, 0.5) is 0 Å². The summed E-state index contributed by atoms with van der Waals surface area (Å²) in [6, 6.07) is 5.39. The number of carbonyl (C=O) groups excluding carboxylic acids is 2. The fourth-order valence-electron chi connectivity index (χ4n) is 3.72. The van der Waals surface area contributed by atoms with Gasteiger partial charge < -0.3 is 20.6 Å². The molecule has 0 unspecified atom stereocenters. The fourth-order valence-corrected chi connectivity index (χ4v) is 3.72. The summed E-state index contributed by atoms with van der Waals surface area (Å²) in [6.45, 7) is 3.62. The van der Waals surface area contributed by atoms with Crippen LogP contribution in [0.2, 0.25) is 0 Å². The van der Waals surface area contributed by atoms with E-state index >= 15 is 0 Å². The lowest BCUT2D eigenvalue weighted by Gasteiger charge is -2.33. The van der Waals surface area contributed by atoms with Gasteiger partial charge in [-0.25, -0.2) is 0 Å². The highest BCUT2D eigenvalue weighted by atomic mass is 16.3. The molecule has 0 aromatic heterocycles. The van der Waals surface area contributed by atoms with Crippen LogP contribution < -0.4 is 5.73 Å². The molecule has 1 aromatic rings. The van der Waals surface area contributed by atoms with Gasteiger partial charge in [-0.05, 0) is 30.9 Å². The van der Waals surface area contributed by atoms with Gasteiger partial charge in [0.15, 0.2) is 0 Å². The first-order valence-electron chi connectivity index (χ1n) is 8.55. The molecule has 0 spiro atoms. The molecule has 3 N–H and O–H groups in total. The molecule has 1 fully saturated rings. The number of benzene rings is 1. The number of fused-ring (bicyclic) bond motifs is 1. The lowest BCUT2D eigenvalue weighted by atomic mass is 9.95. The van der Waals surface area contributed by atoms with Crippen LogP contribution in [0.25, 0.3) is 0 Å². The van der Waals surface area contributed by atoms with Crippen molar-refractivity contribution in [3.63, 3.8) is 0 Å². The van der Waals surface area contributed by atoms with Crippen LogP contribution in [0.3, 0.4) is 0 Å². The van der Waals surface area contributed by atoms with Crippen LogP contribution in [0.5, 0.6) is 5.75 Å². The molecule has 2 atom stereocenters. The standard InChI is InChI=1S/C18H25N3O3/c1-12(22)21-10-14(5-6-15(19)11-21)18(24)20-8-7-16-13(9-20)3-2-4-17(16)23/h2-4,14-15,23H,5-11,19H2,1H3/t14-,15+/m1/s1. The Kier molecular flexibility index (Phi) is 4.76. The first-order chi connectivity index (χ1) is 11.5. The molecule has 2 heterocycles. The minimum atomic E-state index is -0.193. The van der Waals surface area contributed by atoms with E-state index in [1.54, 1.807) is 11.0 Å². The van der Waals surface area contributed by atoms with Crippen LogP contribution in [0, 0.1) is 5.92 Å². The van der Waals surface area contributed by atoms with Crippen LogP contribution in [-0.4, -0.2) is 52.4 Å². The van der Waals surface area contributed by atoms with E-state index in [0.717, 1.165) is 17.5 Å². The maximum absolute atomic E-state index is 13.0. The molecule has 0 bridgehead atoms. The second kappa shape index (κ2) is 6.81. The Morgan fingerprint density at radius 3 is 2.75 bits per heavy atom. The second-order valence-electron chi connectivity index (χ2n) is 6.88. The fraction of sp³-hybridized carbons (Fsp3) is 0.556. The highest BCUT2D eigenvalue weighted by Gasteiger charge is 2.32. The number of phenols is 1. The summed E-state index contributed by atoms with van der Waals surface area (Å²) >= 11 is 0. The second-order valence-corrected chi connectivity index (χ2v) is 6.88. The molecule has 2 aliphatic rings. The first-order valence-corrected chi connectivity index (χ1v) is 8.55. The molecule has 130 valence electrons. The van der Waals surface area contributed by atoms with Gasteiger partial charge >= 0.3 is 0 Å². The highest BCUT2D eigenvalue weighted by molar-refractivity contribution is 5.81. The summed E-state index contributed by atoms with van der Waals surface area (Å²) in [4.78, 5) is 28.3. The van der Waals surface area contributed by atoms with Crippen molar-refractivity contribution in [2.75, 3.05) is 19.6 Å². The molecule has 1 saturated heterocycles. The van der Waals surface area contributed by atoms with E-state index in [1.165, 1.54) is 6.92 Å². The molecule has 2 amide bonds. The molecule has 6 heteroatoms. The molecule has 24 heavy (non-hydrogen) atoms. The predicted molar refractivity (Wildman–Crippen MR) is 90.2 cm³/mol. The van der Waals surface area contributed by atoms with Gasteiger partial charge in [0.05, 0.1) is 5.92 Å². The minimum Gasteiger partial charge on any atom is -0.508 e. The average Bonchev–Trinajstić information content (AvgIpc) is 2.76. The molecule has 0 aliphatic carbocycles. The summed E-state index contributed by atoms with van der Waals surface area (Å²) in [6.07, 6.45) is 2.13. The molecule has 1 aromatic carbocycles. The zero-order valence-corrected chi connectivity index (χ0v) is 14.1. The van der Waals surface area contributed by atoms with Crippen molar-refractivity contribution < 1.29 is 14.7 Å². The van der Waals surface area contributed by atoms with E-state index in [9.17, 15) is 14.7 Å².